The third-order valence-corrected chi connectivity index (χ3v) is 3.23. The molecule has 0 aliphatic heterocycles. The lowest BCUT2D eigenvalue weighted by molar-refractivity contribution is -0.136. The molecule has 1 aromatic carbocycles. The Bertz CT molecular complexity index is 434. The van der Waals surface area contributed by atoms with Crippen LogP contribution in [0.3, 0.4) is 0 Å². The van der Waals surface area contributed by atoms with E-state index in [-0.39, 0.29) is 18.4 Å². The average molecular weight is 267 g/mol. The highest BCUT2D eigenvalue weighted by atomic mass is 32.2. The summed E-state index contributed by atoms with van der Waals surface area (Å²) >= 11 is 1.65. The Morgan fingerprint density at radius 2 is 2.06 bits per heavy atom. The van der Waals surface area contributed by atoms with Crippen molar-refractivity contribution in [1.29, 1.82) is 0 Å². The Hall–Kier alpha value is -1.49. The number of hydrogen-bond donors (Lipinski definition) is 2. The molecule has 1 aromatic rings. The van der Waals surface area contributed by atoms with Gasteiger partial charge in [0, 0.05) is 17.4 Å². The molecule has 4 nitrogen and oxygen atoms in total. The van der Waals surface area contributed by atoms with Crippen LogP contribution in [0.2, 0.25) is 0 Å². The molecule has 0 radical (unpaired) electrons. The zero-order valence-corrected chi connectivity index (χ0v) is 11.3. The van der Waals surface area contributed by atoms with Crippen LogP contribution >= 0.6 is 11.8 Å². The van der Waals surface area contributed by atoms with Gasteiger partial charge < -0.3 is 10.4 Å². The summed E-state index contributed by atoms with van der Waals surface area (Å²) in [6, 6.07) is 6.85. The Balaban J connectivity index is 2.81. The van der Waals surface area contributed by atoms with Crippen LogP contribution < -0.4 is 5.32 Å². The zero-order valence-electron chi connectivity index (χ0n) is 10.5. The van der Waals surface area contributed by atoms with Crippen LogP contribution in [-0.2, 0) is 11.2 Å². The topological polar surface area (TPSA) is 66.4 Å². The number of nitrogens with one attached hydrogen (secondary N) is 1. The summed E-state index contributed by atoms with van der Waals surface area (Å²) in [6.07, 6.45) is 1.83. The van der Waals surface area contributed by atoms with Crippen LogP contribution in [0.4, 0.5) is 0 Å². The molecule has 18 heavy (non-hydrogen) atoms. The predicted molar refractivity (Wildman–Crippen MR) is 73.1 cm³/mol. The van der Waals surface area contributed by atoms with E-state index in [9.17, 15) is 9.59 Å². The highest BCUT2D eigenvalue weighted by molar-refractivity contribution is 7.98. The molecule has 98 valence electrons. The number of thioether (sulfide) groups is 1. The minimum Gasteiger partial charge on any atom is -0.481 e. The van der Waals surface area contributed by atoms with Gasteiger partial charge in [-0.25, -0.2) is 0 Å². The van der Waals surface area contributed by atoms with E-state index in [1.165, 1.54) is 0 Å². The summed E-state index contributed by atoms with van der Waals surface area (Å²) in [5.74, 6) is -0.326. The fourth-order valence-electron chi connectivity index (χ4n) is 1.65. The highest BCUT2D eigenvalue weighted by Gasteiger charge is 2.14. The van der Waals surface area contributed by atoms with Crippen LogP contribution in [-0.4, -0.2) is 35.0 Å². The molecular formula is C13H17NO3S. The van der Waals surface area contributed by atoms with Gasteiger partial charge in [0.05, 0.1) is 6.42 Å². The average Bonchev–Trinajstić information content (AvgIpc) is 2.28. The number of carbonyl (C=O) groups excluding carboxylic acids is 1. The Morgan fingerprint density at radius 3 is 2.67 bits per heavy atom. The van der Waals surface area contributed by atoms with Crippen LogP contribution in [0.5, 0.6) is 0 Å². The van der Waals surface area contributed by atoms with Gasteiger partial charge in [0.2, 0.25) is 0 Å². The van der Waals surface area contributed by atoms with Crippen molar-refractivity contribution in [2.24, 2.45) is 0 Å². The van der Waals surface area contributed by atoms with Crippen LogP contribution in [0.25, 0.3) is 0 Å². The molecule has 0 aromatic heterocycles. The van der Waals surface area contributed by atoms with Crippen molar-refractivity contribution in [3.63, 3.8) is 0 Å². The Kier molecular flexibility index (Phi) is 5.71. The molecule has 1 amide bonds. The number of benzene rings is 1. The van der Waals surface area contributed by atoms with Crippen LogP contribution in [0.15, 0.2) is 24.3 Å². The fourth-order valence-corrected chi connectivity index (χ4v) is 2.24. The van der Waals surface area contributed by atoms with Gasteiger partial charge in [0.15, 0.2) is 0 Å². The van der Waals surface area contributed by atoms with Crippen molar-refractivity contribution < 1.29 is 14.7 Å². The molecule has 0 heterocycles. The van der Waals surface area contributed by atoms with E-state index < -0.39 is 5.97 Å². The van der Waals surface area contributed by atoms with Gasteiger partial charge in [-0.05, 0) is 24.8 Å². The minimum absolute atomic E-state index is 0.0605. The molecule has 0 spiro atoms. The number of carboxylic acids is 1. The van der Waals surface area contributed by atoms with Gasteiger partial charge in [-0.3, -0.25) is 9.59 Å². The van der Waals surface area contributed by atoms with Crippen molar-refractivity contribution in [3.05, 3.63) is 35.4 Å². The molecule has 0 saturated carbocycles. The lowest BCUT2D eigenvalue weighted by Gasteiger charge is -2.14. The van der Waals surface area contributed by atoms with Crippen LogP contribution in [0.1, 0.15) is 22.8 Å². The summed E-state index contributed by atoms with van der Waals surface area (Å²) < 4.78 is 0. The van der Waals surface area contributed by atoms with Crippen molar-refractivity contribution in [2.45, 2.75) is 19.4 Å². The summed E-state index contributed by atoms with van der Waals surface area (Å²) in [4.78, 5) is 22.8. The van der Waals surface area contributed by atoms with Crippen molar-refractivity contribution in [1.82, 2.24) is 5.32 Å². The molecule has 1 unspecified atom stereocenters. The van der Waals surface area contributed by atoms with E-state index in [4.69, 9.17) is 5.11 Å². The standard InChI is InChI=1S/C13H17NO3S/c1-9(8-18-2)14-13(17)11-6-4-3-5-10(11)7-12(15)16/h3-6,9H,7-8H2,1-2H3,(H,14,17)(H,15,16). The van der Waals surface area contributed by atoms with E-state index in [2.05, 4.69) is 5.32 Å². The Labute approximate surface area is 111 Å². The molecule has 0 aliphatic carbocycles. The lowest BCUT2D eigenvalue weighted by atomic mass is 10.0. The van der Waals surface area contributed by atoms with Crippen molar-refractivity contribution in [3.8, 4) is 0 Å². The number of amides is 1. The number of hydrogen-bond acceptors (Lipinski definition) is 3. The van der Waals surface area contributed by atoms with Gasteiger partial charge in [0.25, 0.3) is 5.91 Å². The number of rotatable bonds is 6. The fraction of sp³-hybridized carbons (Fsp3) is 0.385. The number of carboxylic acid groups (broad SMARTS) is 1. The molecule has 0 saturated heterocycles. The van der Waals surface area contributed by atoms with E-state index in [0.717, 1.165) is 5.75 Å². The first-order valence-electron chi connectivity index (χ1n) is 5.64. The van der Waals surface area contributed by atoms with Gasteiger partial charge in [-0.2, -0.15) is 11.8 Å². The first-order valence-corrected chi connectivity index (χ1v) is 7.03. The maximum atomic E-state index is 12.0. The van der Waals surface area contributed by atoms with E-state index in [1.54, 1.807) is 36.0 Å². The molecule has 5 heteroatoms. The molecule has 0 aliphatic rings. The summed E-state index contributed by atoms with van der Waals surface area (Å²) in [7, 11) is 0. The highest BCUT2D eigenvalue weighted by Crippen LogP contribution is 2.10. The zero-order chi connectivity index (χ0) is 13.5. The maximum Gasteiger partial charge on any atom is 0.307 e. The number of carbonyl (C=O) groups is 2. The number of aliphatic carboxylic acids is 1. The molecular weight excluding hydrogens is 250 g/mol. The van der Waals surface area contributed by atoms with Gasteiger partial charge >= 0.3 is 5.97 Å². The first kappa shape index (κ1) is 14.6. The second-order valence-corrected chi connectivity index (χ2v) is 4.97. The molecule has 2 N–H and O–H groups in total. The first-order chi connectivity index (χ1) is 8.54. The summed E-state index contributed by atoms with van der Waals surface area (Å²) in [5, 5.41) is 11.7. The molecule has 1 rings (SSSR count). The van der Waals surface area contributed by atoms with Gasteiger partial charge in [0.1, 0.15) is 0 Å². The predicted octanol–water partition coefficient (Wildman–Crippen LogP) is 1.79. The second-order valence-electron chi connectivity index (χ2n) is 4.06. The van der Waals surface area contributed by atoms with Crippen molar-refractivity contribution in [2.75, 3.05) is 12.0 Å². The monoisotopic (exact) mass is 267 g/mol. The SMILES string of the molecule is CSCC(C)NC(=O)c1ccccc1CC(=O)O. The van der Waals surface area contributed by atoms with Gasteiger partial charge in [-0.1, -0.05) is 18.2 Å². The summed E-state index contributed by atoms with van der Waals surface area (Å²) in [6.45, 7) is 1.92. The normalized spacial score (nSPS) is 11.9. The third-order valence-electron chi connectivity index (χ3n) is 2.40. The van der Waals surface area contributed by atoms with Gasteiger partial charge in [-0.15, -0.1) is 0 Å². The molecule has 1 atom stereocenters. The van der Waals surface area contributed by atoms with E-state index in [0.29, 0.717) is 11.1 Å². The van der Waals surface area contributed by atoms with Crippen LogP contribution in [0, 0.1) is 0 Å². The lowest BCUT2D eigenvalue weighted by Crippen LogP contribution is -2.34. The van der Waals surface area contributed by atoms with E-state index >= 15 is 0 Å². The van der Waals surface area contributed by atoms with Crippen molar-refractivity contribution >= 4 is 23.6 Å². The largest absolute Gasteiger partial charge is 0.481 e. The maximum absolute atomic E-state index is 12.0. The third kappa shape index (κ3) is 4.41. The van der Waals surface area contributed by atoms with E-state index in [1.807, 2.05) is 13.2 Å². The quantitative estimate of drug-likeness (QED) is 0.824. The minimum atomic E-state index is -0.938. The smallest absolute Gasteiger partial charge is 0.307 e. The molecule has 0 bridgehead atoms. The Morgan fingerprint density at radius 1 is 1.39 bits per heavy atom. The summed E-state index contributed by atoms with van der Waals surface area (Å²) in [5.41, 5.74) is 0.978. The molecule has 0 fully saturated rings. The second kappa shape index (κ2) is 7.06.